The van der Waals surface area contributed by atoms with Gasteiger partial charge in [0.15, 0.2) is 0 Å². The number of pyridine rings is 1. The van der Waals surface area contributed by atoms with Crippen molar-refractivity contribution in [3.63, 3.8) is 0 Å². The van der Waals surface area contributed by atoms with E-state index < -0.39 is 0 Å². The van der Waals surface area contributed by atoms with Crippen molar-refractivity contribution in [1.29, 1.82) is 0 Å². The molecule has 0 radical (unpaired) electrons. The Labute approximate surface area is 88.2 Å². The van der Waals surface area contributed by atoms with E-state index >= 15 is 0 Å². The van der Waals surface area contributed by atoms with Crippen LogP contribution in [-0.2, 0) is 13.0 Å². The summed E-state index contributed by atoms with van der Waals surface area (Å²) in [6.45, 7) is 0.728. The van der Waals surface area contributed by atoms with E-state index in [4.69, 9.17) is 5.11 Å². The predicted octanol–water partition coefficient (Wildman–Crippen LogP) is 0.861. The molecule has 0 bridgehead atoms. The minimum Gasteiger partial charge on any atom is -0.395 e. The molecule has 0 saturated heterocycles. The van der Waals surface area contributed by atoms with Gasteiger partial charge in [-0.2, -0.15) is 0 Å². The maximum absolute atomic E-state index is 8.87. The molecule has 2 aromatic rings. The molecule has 2 aromatic heterocycles. The molecule has 0 aromatic carbocycles. The summed E-state index contributed by atoms with van der Waals surface area (Å²) >= 11 is 0. The van der Waals surface area contributed by atoms with Crippen molar-refractivity contribution in [3.8, 4) is 0 Å². The summed E-state index contributed by atoms with van der Waals surface area (Å²) < 4.78 is 1.95. The van der Waals surface area contributed by atoms with Gasteiger partial charge in [-0.3, -0.25) is 4.98 Å². The van der Waals surface area contributed by atoms with Crippen molar-refractivity contribution in [3.05, 3.63) is 48.3 Å². The second-order valence-corrected chi connectivity index (χ2v) is 3.30. The van der Waals surface area contributed by atoms with Crippen LogP contribution in [0.4, 0.5) is 0 Å². The highest BCUT2D eigenvalue weighted by molar-refractivity contribution is 5.14. The number of aromatic nitrogens is 3. The largest absolute Gasteiger partial charge is 0.395 e. The van der Waals surface area contributed by atoms with E-state index in [-0.39, 0.29) is 6.61 Å². The van der Waals surface area contributed by atoms with Crippen LogP contribution in [0.15, 0.2) is 36.9 Å². The second-order valence-electron chi connectivity index (χ2n) is 3.30. The van der Waals surface area contributed by atoms with Crippen LogP contribution in [0.1, 0.15) is 11.4 Å². The first-order chi connectivity index (χ1) is 7.40. The molecule has 0 amide bonds. The molecule has 78 valence electrons. The Bertz CT molecular complexity index is 411. The molecule has 0 aliphatic rings. The van der Waals surface area contributed by atoms with Gasteiger partial charge in [0.05, 0.1) is 6.61 Å². The van der Waals surface area contributed by atoms with Crippen molar-refractivity contribution < 1.29 is 5.11 Å². The first-order valence-corrected chi connectivity index (χ1v) is 4.90. The second kappa shape index (κ2) is 4.70. The molecule has 0 spiro atoms. The molecular formula is C11H13N3O. The Morgan fingerprint density at radius 1 is 1.33 bits per heavy atom. The first kappa shape index (κ1) is 9.86. The normalized spacial score (nSPS) is 10.5. The van der Waals surface area contributed by atoms with Crippen LogP contribution < -0.4 is 0 Å². The lowest BCUT2D eigenvalue weighted by Gasteiger charge is -2.05. The van der Waals surface area contributed by atoms with Gasteiger partial charge in [0.2, 0.25) is 0 Å². The van der Waals surface area contributed by atoms with Gasteiger partial charge in [-0.05, 0) is 11.6 Å². The predicted molar refractivity (Wildman–Crippen MR) is 56.4 cm³/mol. The fourth-order valence-electron chi connectivity index (χ4n) is 1.50. The maximum Gasteiger partial charge on any atom is 0.113 e. The molecular weight excluding hydrogens is 190 g/mol. The highest BCUT2D eigenvalue weighted by Gasteiger charge is 2.03. The summed E-state index contributed by atoms with van der Waals surface area (Å²) in [5, 5.41) is 8.87. The van der Waals surface area contributed by atoms with E-state index in [1.165, 1.54) is 0 Å². The van der Waals surface area contributed by atoms with Crippen LogP contribution in [0.5, 0.6) is 0 Å². The summed E-state index contributed by atoms with van der Waals surface area (Å²) in [5.74, 6) is 0.956. The third kappa shape index (κ3) is 2.41. The van der Waals surface area contributed by atoms with Crippen molar-refractivity contribution >= 4 is 0 Å². The number of aliphatic hydroxyl groups is 1. The van der Waals surface area contributed by atoms with E-state index in [9.17, 15) is 0 Å². The van der Waals surface area contributed by atoms with Gasteiger partial charge >= 0.3 is 0 Å². The molecule has 0 aliphatic heterocycles. The number of nitrogens with zero attached hydrogens (tertiary/aromatic N) is 3. The number of hydrogen-bond acceptors (Lipinski definition) is 3. The number of rotatable bonds is 4. The lowest BCUT2D eigenvalue weighted by Crippen LogP contribution is -2.06. The van der Waals surface area contributed by atoms with E-state index in [1.807, 2.05) is 29.1 Å². The van der Waals surface area contributed by atoms with Crippen molar-refractivity contribution in [1.82, 2.24) is 14.5 Å². The molecule has 4 heteroatoms. The van der Waals surface area contributed by atoms with Gasteiger partial charge in [0.1, 0.15) is 5.82 Å². The summed E-state index contributed by atoms with van der Waals surface area (Å²) in [4.78, 5) is 8.31. The molecule has 15 heavy (non-hydrogen) atoms. The summed E-state index contributed by atoms with van der Waals surface area (Å²) in [7, 11) is 0. The fourth-order valence-corrected chi connectivity index (χ4v) is 1.50. The minimum atomic E-state index is 0.135. The molecule has 2 rings (SSSR count). The quantitative estimate of drug-likeness (QED) is 0.801. The maximum atomic E-state index is 8.87. The van der Waals surface area contributed by atoms with E-state index in [1.54, 1.807) is 12.4 Å². The Morgan fingerprint density at radius 3 is 3.00 bits per heavy atom. The van der Waals surface area contributed by atoms with E-state index in [0.717, 1.165) is 17.8 Å². The molecule has 0 saturated carbocycles. The monoisotopic (exact) mass is 203 g/mol. The van der Waals surface area contributed by atoms with Gasteiger partial charge in [0, 0.05) is 37.8 Å². The molecule has 0 aliphatic carbocycles. The molecule has 2 heterocycles. The zero-order chi connectivity index (χ0) is 10.5. The van der Waals surface area contributed by atoms with Crippen molar-refractivity contribution in [2.24, 2.45) is 0 Å². The Balaban J connectivity index is 2.14. The average molecular weight is 203 g/mol. The van der Waals surface area contributed by atoms with Crippen LogP contribution in [0, 0.1) is 0 Å². The Kier molecular flexibility index (Phi) is 3.09. The minimum absolute atomic E-state index is 0.135. The topological polar surface area (TPSA) is 50.9 Å². The SMILES string of the molecule is OCCn1ccnc1Cc1cccnc1. The van der Waals surface area contributed by atoms with Crippen LogP contribution in [-0.4, -0.2) is 26.2 Å². The molecule has 0 atom stereocenters. The highest BCUT2D eigenvalue weighted by atomic mass is 16.3. The lowest BCUT2D eigenvalue weighted by atomic mass is 10.2. The number of aliphatic hydroxyl groups excluding tert-OH is 1. The van der Waals surface area contributed by atoms with Gasteiger partial charge in [-0.1, -0.05) is 6.07 Å². The van der Waals surface area contributed by atoms with Crippen LogP contribution >= 0.6 is 0 Å². The number of hydrogen-bond donors (Lipinski definition) is 1. The average Bonchev–Trinajstić information content (AvgIpc) is 2.68. The summed E-state index contributed by atoms with van der Waals surface area (Å²) in [6, 6.07) is 3.93. The molecule has 1 N–H and O–H groups in total. The lowest BCUT2D eigenvalue weighted by molar-refractivity contribution is 0.274. The van der Waals surface area contributed by atoms with Crippen LogP contribution in [0.2, 0.25) is 0 Å². The first-order valence-electron chi connectivity index (χ1n) is 4.90. The molecule has 0 unspecified atom stereocenters. The molecule has 0 fully saturated rings. The Hall–Kier alpha value is -1.68. The van der Waals surface area contributed by atoms with Gasteiger partial charge in [-0.15, -0.1) is 0 Å². The van der Waals surface area contributed by atoms with Crippen molar-refractivity contribution in [2.45, 2.75) is 13.0 Å². The highest BCUT2D eigenvalue weighted by Crippen LogP contribution is 2.06. The van der Waals surface area contributed by atoms with Gasteiger partial charge in [-0.25, -0.2) is 4.98 Å². The van der Waals surface area contributed by atoms with Crippen molar-refractivity contribution in [2.75, 3.05) is 6.61 Å². The van der Waals surface area contributed by atoms with Crippen LogP contribution in [0.3, 0.4) is 0 Å². The van der Waals surface area contributed by atoms with E-state index in [0.29, 0.717) is 6.54 Å². The Morgan fingerprint density at radius 2 is 2.27 bits per heavy atom. The fraction of sp³-hybridized carbons (Fsp3) is 0.273. The van der Waals surface area contributed by atoms with E-state index in [2.05, 4.69) is 9.97 Å². The summed E-state index contributed by atoms with van der Waals surface area (Å²) in [6.07, 6.45) is 7.96. The van der Waals surface area contributed by atoms with Crippen LogP contribution in [0.25, 0.3) is 0 Å². The van der Waals surface area contributed by atoms with Gasteiger partial charge in [0.25, 0.3) is 0 Å². The third-order valence-electron chi connectivity index (χ3n) is 2.23. The standard InChI is InChI=1S/C11H13N3O/c15-7-6-14-5-4-13-11(14)8-10-2-1-3-12-9-10/h1-5,9,15H,6-8H2. The summed E-state index contributed by atoms with van der Waals surface area (Å²) in [5.41, 5.74) is 1.13. The van der Waals surface area contributed by atoms with Gasteiger partial charge < -0.3 is 9.67 Å². The smallest absolute Gasteiger partial charge is 0.113 e. The number of imidazole rings is 1. The third-order valence-corrected chi connectivity index (χ3v) is 2.23. The zero-order valence-electron chi connectivity index (χ0n) is 8.37. The zero-order valence-corrected chi connectivity index (χ0v) is 8.37. The molecule has 4 nitrogen and oxygen atoms in total.